The molecule has 2 N–H and O–H groups in total. The fourth-order valence-corrected chi connectivity index (χ4v) is 1.54. The molecule has 16 heavy (non-hydrogen) atoms. The first kappa shape index (κ1) is 11.0. The Morgan fingerprint density at radius 2 is 2.38 bits per heavy atom. The van der Waals surface area contributed by atoms with Crippen LogP contribution < -0.4 is 5.32 Å². The highest BCUT2D eigenvalue weighted by Crippen LogP contribution is 2.02. The molecule has 86 valence electrons. The summed E-state index contributed by atoms with van der Waals surface area (Å²) in [6.07, 6.45) is 6.00. The molecule has 0 amide bonds. The molecule has 5 heteroatoms. The lowest BCUT2D eigenvalue weighted by Gasteiger charge is -2.06. The summed E-state index contributed by atoms with van der Waals surface area (Å²) in [5, 5.41) is 12.4. The molecule has 0 spiro atoms. The van der Waals surface area contributed by atoms with E-state index >= 15 is 0 Å². The number of aromatic nitrogens is 3. The van der Waals surface area contributed by atoms with Gasteiger partial charge in [0.25, 0.3) is 0 Å². The highest BCUT2D eigenvalue weighted by molar-refractivity contribution is 5.30. The standard InChI is InChI=1S/C11H16N4O/c1-9(16)3-5-12-7-10-8-14-11-13-4-2-6-15(10)11/h2,4,6,8-9,12,16H,3,5,7H2,1H3. The maximum absolute atomic E-state index is 9.11. The van der Waals surface area contributed by atoms with Crippen LogP contribution in [0.3, 0.4) is 0 Å². The van der Waals surface area contributed by atoms with E-state index in [1.165, 1.54) is 0 Å². The van der Waals surface area contributed by atoms with E-state index in [1.807, 2.05) is 22.9 Å². The van der Waals surface area contributed by atoms with Crippen molar-refractivity contribution in [2.75, 3.05) is 6.54 Å². The molecule has 0 aliphatic heterocycles. The van der Waals surface area contributed by atoms with Crippen LogP contribution in [-0.4, -0.2) is 32.1 Å². The van der Waals surface area contributed by atoms with Gasteiger partial charge in [0, 0.05) is 18.9 Å². The van der Waals surface area contributed by atoms with Gasteiger partial charge in [-0.3, -0.25) is 4.40 Å². The van der Waals surface area contributed by atoms with Gasteiger partial charge in [0.2, 0.25) is 5.78 Å². The quantitative estimate of drug-likeness (QED) is 0.724. The van der Waals surface area contributed by atoms with Gasteiger partial charge in [-0.1, -0.05) is 0 Å². The Labute approximate surface area is 94.2 Å². The summed E-state index contributed by atoms with van der Waals surface area (Å²) in [4.78, 5) is 8.34. The Morgan fingerprint density at radius 1 is 1.50 bits per heavy atom. The van der Waals surface area contributed by atoms with Crippen LogP contribution >= 0.6 is 0 Å². The molecule has 1 atom stereocenters. The Kier molecular flexibility index (Phi) is 3.48. The SMILES string of the molecule is CC(O)CCNCc1cnc2ncccn12. The van der Waals surface area contributed by atoms with Crippen molar-refractivity contribution >= 4 is 5.78 Å². The molecule has 0 radical (unpaired) electrons. The Bertz CT molecular complexity index is 452. The summed E-state index contributed by atoms with van der Waals surface area (Å²) >= 11 is 0. The lowest BCUT2D eigenvalue weighted by Crippen LogP contribution is -2.19. The fourth-order valence-electron chi connectivity index (χ4n) is 1.54. The van der Waals surface area contributed by atoms with Crippen molar-refractivity contribution < 1.29 is 5.11 Å². The first-order chi connectivity index (χ1) is 7.77. The first-order valence-corrected chi connectivity index (χ1v) is 5.43. The molecule has 2 aromatic heterocycles. The van der Waals surface area contributed by atoms with Gasteiger partial charge in [-0.2, -0.15) is 0 Å². The van der Waals surface area contributed by atoms with Crippen molar-refractivity contribution in [3.05, 3.63) is 30.4 Å². The van der Waals surface area contributed by atoms with Crippen molar-refractivity contribution in [1.82, 2.24) is 19.7 Å². The van der Waals surface area contributed by atoms with Crippen molar-refractivity contribution in [1.29, 1.82) is 0 Å². The van der Waals surface area contributed by atoms with Crippen LogP contribution in [0.1, 0.15) is 19.0 Å². The van der Waals surface area contributed by atoms with Crippen LogP contribution in [0.15, 0.2) is 24.7 Å². The predicted octanol–water partition coefficient (Wildman–Crippen LogP) is 0.590. The van der Waals surface area contributed by atoms with Gasteiger partial charge in [0.1, 0.15) is 0 Å². The molecule has 0 fully saturated rings. The van der Waals surface area contributed by atoms with E-state index in [0.29, 0.717) is 0 Å². The average molecular weight is 220 g/mol. The van der Waals surface area contributed by atoms with Crippen LogP contribution in [0.4, 0.5) is 0 Å². The van der Waals surface area contributed by atoms with E-state index in [0.717, 1.165) is 31.0 Å². The molecular weight excluding hydrogens is 204 g/mol. The number of hydrogen-bond acceptors (Lipinski definition) is 4. The van der Waals surface area contributed by atoms with E-state index < -0.39 is 0 Å². The third-order valence-electron chi connectivity index (χ3n) is 2.41. The number of imidazole rings is 1. The first-order valence-electron chi connectivity index (χ1n) is 5.43. The molecule has 2 heterocycles. The van der Waals surface area contributed by atoms with Crippen LogP contribution in [0.2, 0.25) is 0 Å². The molecule has 0 saturated heterocycles. The number of nitrogens with one attached hydrogen (secondary N) is 1. The molecule has 2 rings (SSSR count). The Morgan fingerprint density at radius 3 is 3.19 bits per heavy atom. The third-order valence-corrected chi connectivity index (χ3v) is 2.41. The van der Waals surface area contributed by atoms with Crippen LogP contribution in [0.5, 0.6) is 0 Å². The molecule has 1 unspecified atom stereocenters. The molecule has 0 aliphatic carbocycles. The van der Waals surface area contributed by atoms with Gasteiger partial charge in [-0.15, -0.1) is 0 Å². The number of aliphatic hydroxyl groups excluding tert-OH is 1. The predicted molar refractivity (Wildman–Crippen MR) is 61.0 cm³/mol. The zero-order valence-corrected chi connectivity index (χ0v) is 9.30. The zero-order valence-electron chi connectivity index (χ0n) is 9.30. The average Bonchev–Trinajstić information content (AvgIpc) is 2.68. The summed E-state index contributed by atoms with van der Waals surface area (Å²) in [5.74, 6) is 0.717. The van der Waals surface area contributed by atoms with Crippen LogP contribution in [0.25, 0.3) is 5.78 Å². The summed E-state index contributed by atoms with van der Waals surface area (Å²) in [6.45, 7) is 3.32. The van der Waals surface area contributed by atoms with Crippen molar-refractivity contribution in [2.24, 2.45) is 0 Å². The minimum absolute atomic E-state index is 0.253. The van der Waals surface area contributed by atoms with Gasteiger partial charge in [-0.05, 0) is 26.0 Å². The zero-order chi connectivity index (χ0) is 11.4. The van der Waals surface area contributed by atoms with Gasteiger partial charge in [0.15, 0.2) is 0 Å². The monoisotopic (exact) mass is 220 g/mol. The van der Waals surface area contributed by atoms with Crippen molar-refractivity contribution in [3.63, 3.8) is 0 Å². The van der Waals surface area contributed by atoms with Crippen molar-refractivity contribution in [3.8, 4) is 0 Å². The number of hydrogen-bond donors (Lipinski definition) is 2. The minimum atomic E-state index is -0.253. The second kappa shape index (κ2) is 5.05. The Balaban J connectivity index is 1.94. The summed E-state index contributed by atoms with van der Waals surface area (Å²) < 4.78 is 1.95. The molecule has 2 aromatic rings. The fraction of sp³-hybridized carbons (Fsp3) is 0.455. The molecule has 0 bridgehead atoms. The van der Waals surface area contributed by atoms with E-state index in [2.05, 4.69) is 15.3 Å². The highest BCUT2D eigenvalue weighted by Gasteiger charge is 2.02. The van der Waals surface area contributed by atoms with Gasteiger partial charge in [0.05, 0.1) is 18.0 Å². The Hall–Kier alpha value is -1.46. The van der Waals surface area contributed by atoms with Gasteiger partial charge < -0.3 is 10.4 Å². The maximum atomic E-state index is 9.11. The highest BCUT2D eigenvalue weighted by atomic mass is 16.3. The van der Waals surface area contributed by atoms with E-state index in [1.54, 1.807) is 13.1 Å². The molecule has 0 aromatic carbocycles. The van der Waals surface area contributed by atoms with Crippen molar-refractivity contribution in [2.45, 2.75) is 26.0 Å². The lowest BCUT2D eigenvalue weighted by atomic mass is 10.3. The number of rotatable bonds is 5. The normalized spacial score (nSPS) is 13.1. The number of nitrogens with zero attached hydrogens (tertiary/aromatic N) is 3. The van der Waals surface area contributed by atoms with Crippen LogP contribution in [-0.2, 0) is 6.54 Å². The molecule has 0 aliphatic rings. The summed E-state index contributed by atoms with van der Waals surface area (Å²) in [7, 11) is 0. The smallest absolute Gasteiger partial charge is 0.233 e. The number of fused-ring (bicyclic) bond motifs is 1. The van der Waals surface area contributed by atoms with Crippen LogP contribution in [0, 0.1) is 0 Å². The van der Waals surface area contributed by atoms with Gasteiger partial charge >= 0.3 is 0 Å². The number of aliphatic hydroxyl groups is 1. The largest absolute Gasteiger partial charge is 0.393 e. The second-order valence-corrected chi connectivity index (χ2v) is 3.85. The lowest BCUT2D eigenvalue weighted by molar-refractivity contribution is 0.183. The maximum Gasteiger partial charge on any atom is 0.233 e. The second-order valence-electron chi connectivity index (χ2n) is 3.85. The summed E-state index contributed by atoms with van der Waals surface area (Å²) in [6, 6.07) is 1.88. The molecular formula is C11H16N4O. The third kappa shape index (κ3) is 2.56. The minimum Gasteiger partial charge on any atom is -0.393 e. The summed E-state index contributed by atoms with van der Waals surface area (Å²) in [5.41, 5.74) is 1.08. The molecule has 0 saturated carbocycles. The van der Waals surface area contributed by atoms with Gasteiger partial charge in [-0.25, -0.2) is 9.97 Å². The van der Waals surface area contributed by atoms with E-state index in [9.17, 15) is 0 Å². The topological polar surface area (TPSA) is 62.5 Å². The van der Waals surface area contributed by atoms with E-state index in [-0.39, 0.29) is 6.10 Å². The molecule has 5 nitrogen and oxygen atoms in total. The van der Waals surface area contributed by atoms with E-state index in [4.69, 9.17) is 5.11 Å².